The van der Waals surface area contributed by atoms with Crippen molar-refractivity contribution in [2.75, 3.05) is 0 Å². The topological polar surface area (TPSA) is 55.4 Å². The van der Waals surface area contributed by atoms with Gasteiger partial charge in [-0.15, -0.1) is 0 Å². The minimum Gasteiger partial charge on any atom is -0.784 e. The molecule has 1 aromatic rings. The third-order valence-corrected chi connectivity index (χ3v) is 4.72. The van der Waals surface area contributed by atoms with E-state index in [0.717, 1.165) is 11.5 Å². The predicted octanol–water partition coefficient (Wildman–Crippen LogP) is 3.11. The average molecular weight is 303 g/mol. The molecule has 1 N–H and O–H groups in total. The van der Waals surface area contributed by atoms with Gasteiger partial charge in [0.25, 0.3) is 0 Å². The molecule has 4 heteroatoms. The van der Waals surface area contributed by atoms with Gasteiger partial charge in [-0.1, -0.05) is 30.3 Å². The van der Waals surface area contributed by atoms with Crippen LogP contribution in [-0.4, -0.2) is 28.1 Å². The fourth-order valence-electron chi connectivity index (χ4n) is 3.53. The van der Waals surface area contributed by atoms with Gasteiger partial charge < -0.3 is 15.6 Å². The summed E-state index contributed by atoms with van der Waals surface area (Å²) in [7, 11) is 0. The highest BCUT2D eigenvalue weighted by Crippen LogP contribution is 2.44. The zero-order valence-corrected chi connectivity index (χ0v) is 14.2. The Morgan fingerprint density at radius 1 is 1.32 bits per heavy atom. The maximum absolute atomic E-state index is 12.6. The molecule has 2 rings (SSSR count). The predicted molar refractivity (Wildman–Crippen MR) is 89.2 cm³/mol. The Hall–Kier alpha value is -1.39. The second-order valence-electron chi connectivity index (χ2n) is 7.62. The third kappa shape index (κ3) is 3.33. The molecule has 1 aliphatic rings. The molecule has 0 bridgehead atoms. The van der Waals surface area contributed by atoms with E-state index in [9.17, 15) is 10.0 Å². The Balaban J connectivity index is 2.00. The largest absolute Gasteiger partial charge is 0.784 e. The minimum absolute atomic E-state index is 0.0140. The first kappa shape index (κ1) is 17.0. The molecular formula is C18H27N2O2-. The zero-order chi connectivity index (χ0) is 16.5. The molecule has 1 amide bonds. The monoisotopic (exact) mass is 303 g/mol. The summed E-state index contributed by atoms with van der Waals surface area (Å²) in [5.41, 5.74) is 0.0422. The van der Waals surface area contributed by atoms with E-state index in [1.54, 1.807) is 0 Å². The van der Waals surface area contributed by atoms with E-state index >= 15 is 0 Å². The smallest absolute Gasteiger partial charge is 0.225 e. The van der Waals surface area contributed by atoms with Gasteiger partial charge >= 0.3 is 0 Å². The Kier molecular flexibility index (Phi) is 4.64. The van der Waals surface area contributed by atoms with Crippen LogP contribution in [0.25, 0.3) is 0 Å². The number of hydrogen-bond donors (Lipinski definition) is 1. The number of carbonyl (C=O) groups excluding carboxylic acids is 1. The lowest BCUT2D eigenvalue weighted by atomic mass is 9.86. The Morgan fingerprint density at radius 2 is 1.91 bits per heavy atom. The van der Waals surface area contributed by atoms with Crippen LogP contribution < -0.4 is 5.32 Å². The summed E-state index contributed by atoms with van der Waals surface area (Å²) in [6.45, 7) is 9.54. The van der Waals surface area contributed by atoms with Crippen molar-refractivity contribution >= 4 is 5.91 Å². The summed E-state index contributed by atoms with van der Waals surface area (Å²) in [4.78, 5) is 12.6. The normalized spacial score (nSPS) is 24.9. The van der Waals surface area contributed by atoms with Gasteiger partial charge in [0.15, 0.2) is 0 Å². The molecule has 0 aliphatic carbocycles. The van der Waals surface area contributed by atoms with Gasteiger partial charge in [-0.3, -0.25) is 4.79 Å². The summed E-state index contributed by atoms with van der Waals surface area (Å²) in [6.07, 6.45) is 1.39. The van der Waals surface area contributed by atoms with E-state index in [-0.39, 0.29) is 17.9 Å². The molecule has 1 fully saturated rings. The number of carbonyl (C=O) groups is 1. The fraction of sp³-hybridized carbons (Fsp3) is 0.611. The van der Waals surface area contributed by atoms with Gasteiger partial charge in [0.05, 0.1) is 5.92 Å². The molecule has 2 unspecified atom stereocenters. The van der Waals surface area contributed by atoms with Crippen LogP contribution in [0.1, 0.15) is 46.6 Å². The van der Waals surface area contributed by atoms with Crippen LogP contribution in [0.5, 0.6) is 0 Å². The molecule has 2 atom stereocenters. The van der Waals surface area contributed by atoms with Gasteiger partial charge in [-0.25, -0.2) is 0 Å². The van der Waals surface area contributed by atoms with Crippen molar-refractivity contribution in [1.82, 2.24) is 10.4 Å². The van der Waals surface area contributed by atoms with Crippen molar-refractivity contribution in [1.29, 1.82) is 0 Å². The Morgan fingerprint density at radius 3 is 2.41 bits per heavy atom. The SMILES string of the molecule is CC(Cc1ccccc1)NC(=O)C1CC(C)(C)N([O-])C1(C)C. The summed E-state index contributed by atoms with van der Waals surface area (Å²) < 4.78 is 0. The lowest BCUT2D eigenvalue weighted by molar-refractivity contribution is -0.127. The first-order chi connectivity index (χ1) is 10.1. The van der Waals surface area contributed by atoms with Gasteiger partial charge in [-0.05, 0) is 53.0 Å². The molecule has 4 nitrogen and oxygen atoms in total. The van der Waals surface area contributed by atoms with E-state index in [2.05, 4.69) is 17.4 Å². The van der Waals surface area contributed by atoms with E-state index < -0.39 is 11.1 Å². The van der Waals surface area contributed by atoms with E-state index in [0.29, 0.717) is 6.42 Å². The number of hydrogen-bond acceptors (Lipinski definition) is 3. The second kappa shape index (κ2) is 6.01. The van der Waals surface area contributed by atoms with E-state index in [1.165, 1.54) is 5.56 Å². The van der Waals surface area contributed by atoms with Crippen LogP contribution in [0.2, 0.25) is 0 Å². The van der Waals surface area contributed by atoms with Gasteiger partial charge in [-0.2, -0.15) is 0 Å². The molecule has 1 aromatic carbocycles. The number of amides is 1. The molecule has 1 saturated heterocycles. The van der Waals surface area contributed by atoms with Crippen LogP contribution >= 0.6 is 0 Å². The van der Waals surface area contributed by atoms with E-state index in [4.69, 9.17) is 0 Å². The van der Waals surface area contributed by atoms with Crippen molar-refractivity contribution in [3.63, 3.8) is 0 Å². The van der Waals surface area contributed by atoms with Crippen molar-refractivity contribution in [3.05, 3.63) is 41.1 Å². The number of nitrogens with zero attached hydrogens (tertiary/aromatic N) is 1. The maximum atomic E-state index is 12.6. The maximum Gasteiger partial charge on any atom is 0.225 e. The molecule has 122 valence electrons. The highest BCUT2D eigenvalue weighted by atomic mass is 16.5. The second-order valence-corrected chi connectivity index (χ2v) is 7.62. The van der Waals surface area contributed by atoms with Gasteiger partial charge in [0.2, 0.25) is 5.91 Å². The van der Waals surface area contributed by atoms with Crippen molar-refractivity contribution in [2.45, 2.75) is 64.6 Å². The molecule has 1 heterocycles. The van der Waals surface area contributed by atoms with Gasteiger partial charge in [0, 0.05) is 17.1 Å². The molecular weight excluding hydrogens is 276 g/mol. The third-order valence-electron chi connectivity index (χ3n) is 4.72. The van der Waals surface area contributed by atoms with Crippen LogP contribution in [0.4, 0.5) is 0 Å². The van der Waals surface area contributed by atoms with Crippen molar-refractivity contribution in [3.8, 4) is 0 Å². The Bertz CT molecular complexity index is 525. The van der Waals surface area contributed by atoms with Crippen LogP contribution in [0, 0.1) is 11.1 Å². The molecule has 0 spiro atoms. The van der Waals surface area contributed by atoms with Crippen molar-refractivity contribution < 1.29 is 4.79 Å². The summed E-state index contributed by atoms with van der Waals surface area (Å²) in [6, 6.07) is 10.2. The molecule has 1 aliphatic heterocycles. The van der Waals surface area contributed by atoms with Crippen LogP contribution in [-0.2, 0) is 11.2 Å². The number of nitrogens with one attached hydrogen (secondary N) is 1. The summed E-state index contributed by atoms with van der Waals surface area (Å²) in [5.74, 6) is -0.293. The van der Waals surface area contributed by atoms with Gasteiger partial charge in [0.1, 0.15) is 0 Å². The Labute approximate surface area is 133 Å². The number of benzene rings is 1. The number of rotatable bonds is 4. The molecule has 0 radical (unpaired) electrons. The average Bonchev–Trinajstić information content (AvgIpc) is 2.60. The van der Waals surface area contributed by atoms with Crippen molar-refractivity contribution in [2.24, 2.45) is 5.92 Å². The zero-order valence-electron chi connectivity index (χ0n) is 14.2. The quantitative estimate of drug-likeness (QED) is 0.930. The lowest BCUT2D eigenvalue weighted by Gasteiger charge is -2.47. The summed E-state index contributed by atoms with van der Waals surface area (Å²) >= 11 is 0. The molecule has 0 saturated carbocycles. The first-order valence-corrected chi connectivity index (χ1v) is 7.96. The molecule has 0 aromatic heterocycles. The minimum atomic E-state index is -0.667. The number of hydroxylamine groups is 2. The standard InChI is InChI=1S/C18H27N2O2/c1-13(11-14-9-7-6-8-10-14)19-16(21)15-12-17(2,3)20(22)18(15,4)5/h6-10,13,15H,11-12H2,1-5H3,(H,19,21)/q-1. The summed E-state index contributed by atoms with van der Waals surface area (Å²) in [5, 5.41) is 16.5. The fourth-order valence-corrected chi connectivity index (χ4v) is 3.53. The highest BCUT2D eigenvalue weighted by molar-refractivity contribution is 5.81. The van der Waals surface area contributed by atoms with E-state index in [1.807, 2.05) is 52.8 Å². The highest BCUT2D eigenvalue weighted by Gasteiger charge is 2.49. The first-order valence-electron chi connectivity index (χ1n) is 7.96. The molecule has 22 heavy (non-hydrogen) atoms. The van der Waals surface area contributed by atoms with Crippen LogP contribution in [0.3, 0.4) is 0 Å². The van der Waals surface area contributed by atoms with Crippen LogP contribution in [0.15, 0.2) is 30.3 Å². The lowest BCUT2D eigenvalue weighted by Crippen LogP contribution is -2.49.